The first-order chi connectivity index (χ1) is 15.0. The molecule has 0 aromatic heterocycles. The highest BCUT2D eigenvalue weighted by Crippen LogP contribution is 2.11. The molecule has 2 amide bonds. The number of benzene rings is 3. The zero-order chi connectivity index (χ0) is 22.1. The van der Waals surface area contributed by atoms with Crippen LogP contribution in [0.5, 0.6) is 0 Å². The van der Waals surface area contributed by atoms with Gasteiger partial charge in [-0.15, -0.1) is 0 Å². The molecular weight excluding hydrogens is 398 g/mol. The molecule has 0 saturated carbocycles. The van der Waals surface area contributed by atoms with Gasteiger partial charge in [0.25, 0.3) is 5.91 Å². The van der Waals surface area contributed by atoms with E-state index in [-0.39, 0.29) is 24.4 Å². The van der Waals surface area contributed by atoms with E-state index in [9.17, 15) is 18.4 Å². The molecule has 0 aliphatic carbocycles. The van der Waals surface area contributed by atoms with Gasteiger partial charge < -0.3 is 10.6 Å². The number of carbonyl (C=O) groups is 2. The summed E-state index contributed by atoms with van der Waals surface area (Å²) in [5.74, 6) is 3.59. The van der Waals surface area contributed by atoms with Crippen LogP contribution in [-0.4, -0.2) is 18.4 Å². The van der Waals surface area contributed by atoms with Crippen LogP contribution in [0.3, 0.4) is 0 Å². The van der Waals surface area contributed by atoms with E-state index in [0.29, 0.717) is 18.2 Å². The summed E-state index contributed by atoms with van der Waals surface area (Å²) in [5.41, 5.74) is 2.07. The molecule has 0 atom stereocenters. The summed E-state index contributed by atoms with van der Waals surface area (Å²) < 4.78 is 26.5. The summed E-state index contributed by atoms with van der Waals surface area (Å²) in [6.45, 7) is 0.186. The first-order valence-corrected chi connectivity index (χ1v) is 9.71. The van der Waals surface area contributed by atoms with Crippen molar-refractivity contribution in [1.29, 1.82) is 0 Å². The lowest BCUT2D eigenvalue weighted by atomic mass is 10.1. The molecule has 0 unspecified atom stereocenters. The Kier molecular flexibility index (Phi) is 7.50. The smallest absolute Gasteiger partial charge is 0.254 e. The molecule has 31 heavy (non-hydrogen) atoms. The van der Waals surface area contributed by atoms with Gasteiger partial charge in [-0.2, -0.15) is 0 Å². The maximum absolute atomic E-state index is 13.6. The third kappa shape index (κ3) is 6.79. The van der Waals surface area contributed by atoms with Crippen molar-refractivity contribution < 1.29 is 18.4 Å². The number of carbonyl (C=O) groups excluding carboxylic acids is 2. The quantitative estimate of drug-likeness (QED) is 0.457. The number of hydrogen-bond donors (Lipinski definition) is 2. The highest BCUT2D eigenvalue weighted by atomic mass is 19.1. The number of halogens is 2. The fraction of sp³-hybridized carbons (Fsp3) is 0.120. The van der Waals surface area contributed by atoms with Gasteiger partial charge in [0.1, 0.15) is 11.6 Å². The number of hydrogen-bond acceptors (Lipinski definition) is 2. The topological polar surface area (TPSA) is 58.2 Å². The van der Waals surface area contributed by atoms with Crippen LogP contribution in [0.1, 0.15) is 34.3 Å². The first kappa shape index (κ1) is 21.7. The van der Waals surface area contributed by atoms with E-state index in [4.69, 9.17) is 0 Å². The zero-order valence-corrected chi connectivity index (χ0v) is 16.6. The van der Waals surface area contributed by atoms with Crippen molar-refractivity contribution in [3.8, 4) is 11.8 Å². The molecule has 0 aliphatic heterocycles. The predicted octanol–water partition coefficient (Wildman–Crippen LogP) is 4.51. The molecule has 0 spiro atoms. The van der Waals surface area contributed by atoms with Crippen molar-refractivity contribution >= 4 is 17.5 Å². The second kappa shape index (κ2) is 10.7. The molecule has 3 rings (SSSR count). The van der Waals surface area contributed by atoms with Crippen molar-refractivity contribution in [3.63, 3.8) is 0 Å². The van der Waals surface area contributed by atoms with Gasteiger partial charge in [0.2, 0.25) is 5.91 Å². The van der Waals surface area contributed by atoms with Crippen molar-refractivity contribution in [2.75, 3.05) is 11.9 Å². The third-order valence-corrected chi connectivity index (χ3v) is 4.31. The van der Waals surface area contributed by atoms with E-state index < -0.39 is 17.5 Å². The number of anilines is 1. The van der Waals surface area contributed by atoms with Crippen LogP contribution in [-0.2, 0) is 4.79 Å². The molecule has 3 aromatic carbocycles. The fourth-order valence-corrected chi connectivity index (χ4v) is 2.78. The van der Waals surface area contributed by atoms with E-state index in [1.165, 1.54) is 0 Å². The fourth-order valence-electron chi connectivity index (χ4n) is 2.78. The summed E-state index contributed by atoms with van der Waals surface area (Å²) in [5, 5.41) is 5.31. The highest BCUT2D eigenvalue weighted by molar-refractivity contribution is 5.94. The maximum atomic E-state index is 13.6. The lowest BCUT2D eigenvalue weighted by molar-refractivity contribution is -0.116. The Morgan fingerprint density at radius 2 is 1.58 bits per heavy atom. The van der Waals surface area contributed by atoms with Crippen molar-refractivity contribution in [3.05, 3.63) is 101 Å². The minimum absolute atomic E-state index is 0.173. The molecule has 156 valence electrons. The Bertz CT molecular complexity index is 1140. The number of amides is 2. The molecule has 3 aromatic rings. The summed E-state index contributed by atoms with van der Waals surface area (Å²) in [6.07, 6.45) is 0.542. The largest absolute Gasteiger partial charge is 0.352 e. The Hall–Kier alpha value is -3.98. The zero-order valence-electron chi connectivity index (χ0n) is 16.6. The summed E-state index contributed by atoms with van der Waals surface area (Å²) in [6, 6.07) is 19.6. The van der Waals surface area contributed by atoms with Gasteiger partial charge in [0, 0.05) is 35.8 Å². The van der Waals surface area contributed by atoms with Crippen LogP contribution in [0.4, 0.5) is 14.5 Å². The maximum Gasteiger partial charge on any atom is 0.254 e. The van der Waals surface area contributed by atoms with Crippen LogP contribution in [0.25, 0.3) is 0 Å². The van der Waals surface area contributed by atoms with Crippen LogP contribution in [0, 0.1) is 23.5 Å². The second-order valence-electron chi connectivity index (χ2n) is 6.73. The Morgan fingerprint density at radius 1 is 0.839 bits per heavy atom. The van der Waals surface area contributed by atoms with Crippen LogP contribution in [0.15, 0.2) is 72.8 Å². The first-order valence-electron chi connectivity index (χ1n) is 9.71. The van der Waals surface area contributed by atoms with E-state index in [1.54, 1.807) is 12.1 Å². The van der Waals surface area contributed by atoms with Gasteiger partial charge in [-0.25, -0.2) is 8.78 Å². The third-order valence-electron chi connectivity index (χ3n) is 4.31. The Morgan fingerprint density at radius 3 is 2.35 bits per heavy atom. The van der Waals surface area contributed by atoms with E-state index in [1.807, 2.05) is 42.5 Å². The number of nitrogens with one attached hydrogen (secondary N) is 2. The number of rotatable bonds is 6. The summed E-state index contributed by atoms with van der Waals surface area (Å²) >= 11 is 0. The Balaban J connectivity index is 1.46. The molecule has 4 nitrogen and oxygen atoms in total. The second-order valence-corrected chi connectivity index (χ2v) is 6.73. The molecule has 0 aliphatic rings. The molecule has 0 heterocycles. The lowest BCUT2D eigenvalue weighted by Gasteiger charge is -2.07. The molecular formula is C25H20F2N2O2. The van der Waals surface area contributed by atoms with Crippen molar-refractivity contribution in [1.82, 2.24) is 5.32 Å². The van der Waals surface area contributed by atoms with Gasteiger partial charge >= 0.3 is 0 Å². The minimum atomic E-state index is -0.925. The van der Waals surface area contributed by atoms with Gasteiger partial charge in [0.05, 0.1) is 5.56 Å². The highest BCUT2D eigenvalue weighted by Gasteiger charge is 2.12. The molecule has 0 radical (unpaired) electrons. The van der Waals surface area contributed by atoms with Gasteiger partial charge in [-0.1, -0.05) is 36.1 Å². The molecule has 6 heteroatoms. The summed E-state index contributed by atoms with van der Waals surface area (Å²) in [7, 11) is 0. The molecule has 0 fully saturated rings. The standard InChI is InChI=1S/C25H20F2N2O2/c26-20-13-14-22(23(27)17-20)25(31)28-15-5-10-24(30)29-21-9-4-8-19(16-21)12-11-18-6-2-1-3-7-18/h1-4,6-9,13-14,16-17H,5,10,15H2,(H,28,31)(H,29,30). The average Bonchev–Trinajstić information content (AvgIpc) is 2.76. The molecule has 0 bridgehead atoms. The normalized spacial score (nSPS) is 10.0. The SMILES string of the molecule is O=C(CCCNC(=O)c1ccc(F)cc1F)Nc1cccc(C#Cc2ccccc2)c1. The Labute approximate surface area is 179 Å². The van der Waals surface area contributed by atoms with Crippen LogP contribution >= 0.6 is 0 Å². The van der Waals surface area contributed by atoms with Crippen LogP contribution < -0.4 is 10.6 Å². The molecule has 2 N–H and O–H groups in total. The van der Waals surface area contributed by atoms with Crippen molar-refractivity contribution in [2.45, 2.75) is 12.8 Å². The molecule has 0 saturated heterocycles. The van der Waals surface area contributed by atoms with E-state index in [2.05, 4.69) is 22.5 Å². The van der Waals surface area contributed by atoms with Gasteiger partial charge in [0.15, 0.2) is 0 Å². The summed E-state index contributed by atoms with van der Waals surface area (Å²) in [4.78, 5) is 24.1. The van der Waals surface area contributed by atoms with Crippen molar-refractivity contribution in [2.24, 2.45) is 0 Å². The monoisotopic (exact) mass is 418 g/mol. The van der Waals surface area contributed by atoms with E-state index in [0.717, 1.165) is 23.3 Å². The minimum Gasteiger partial charge on any atom is -0.352 e. The average molecular weight is 418 g/mol. The van der Waals surface area contributed by atoms with E-state index >= 15 is 0 Å². The lowest BCUT2D eigenvalue weighted by Crippen LogP contribution is -2.26. The van der Waals surface area contributed by atoms with Crippen LogP contribution in [0.2, 0.25) is 0 Å². The van der Waals surface area contributed by atoms with Gasteiger partial charge in [-0.05, 0) is 48.9 Å². The van der Waals surface area contributed by atoms with Gasteiger partial charge in [-0.3, -0.25) is 9.59 Å². The predicted molar refractivity (Wildman–Crippen MR) is 115 cm³/mol.